The number of ether oxygens (including phenoxy) is 1. The first-order valence-corrected chi connectivity index (χ1v) is 43.9. The van der Waals surface area contributed by atoms with Gasteiger partial charge < -0.3 is 25.4 Å². The molecule has 0 aliphatic rings. The molecule has 0 unspecified atom stereocenters. The van der Waals surface area contributed by atoms with E-state index < -0.39 is 17.9 Å². The highest BCUT2D eigenvalue weighted by atomic mass is 35.5. The zero-order chi connectivity index (χ0) is 83.5. The maximum Gasteiger partial charge on any atom is 0.303 e. The monoisotopic (exact) mass is 1740 g/mol. The molecule has 0 spiro atoms. The Hall–Kier alpha value is -9.25. The molecular weight excluding hydrogens is 1640 g/mol. The van der Waals surface area contributed by atoms with Gasteiger partial charge in [-0.05, 0) is 210 Å². The molecule has 0 aliphatic carbocycles. The van der Waals surface area contributed by atoms with Crippen molar-refractivity contribution in [1.29, 1.82) is 0 Å². The lowest BCUT2D eigenvalue weighted by molar-refractivity contribution is -0.138. The van der Waals surface area contributed by atoms with Crippen molar-refractivity contribution in [2.45, 2.75) is 203 Å². The van der Waals surface area contributed by atoms with Crippen molar-refractivity contribution in [3.8, 4) is 5.75 Å². The fourth-order valence-electron chi connectivity index (χ4n) is 12.4. The molecule has 5 aromatic heterocycles. The first-order chi connectivity index (χ1) is 55.7. The van der Waals surface area contributed by atoms with E-state index in [0.29, 0.717) is 158 Å². The summed E-state index contributed by atoms with van der Waals surface area (Å²) in [6.45, 7) is 16.6. The van der Waals surface area contributed by atoms with Gasteiger partial charge in [0.1, 0.15) is 10.4 Å². The Kier molecular flexibility index (Phi) is 36.8. The Morgan fingerprint density at radius 1 is 0.436 bits per heavy atom. The molecule has 7 aromatic carbocycles. The Morgan fingerprint density at radius 2 is 0.838 bits per heavy atom. The van der Waals surface area contributed by atoms with E-state index in [1.165, 1.54) is 104 Å². The minimum Gasteiger partial charge on any atom is -0.497 e. The van der Waals surface area contributed by atoms with Gasteiger partial charge in [0.05, 0.1) is 45.3 Å². The number of carboxylic acid groups (broad SMARTS) is 3. The molecule has 1 amide bonds. The van der Waals surface area contributed by atoms with Crippen molar-refractivity contribution in [3.05, 3.63) is 257 Å². The number of unbranched alkanes of at least 4 members (excludes halogenated alkanes) is 5. The molecule has 12 aromatic rings. The van der Waals surface area contributed by atoms with Crippen LogP contribution in [-0.2, 0) is 68.4 Å². The second-order valence-electron chi connectivity index (χ2n) is 27.8. The second-order valence-corrected chi connectivity index (χ2v) is 33.8. The van der Waals surface area contributed by atoms with Gasteiger partial charge in [0, 0.05) is 97.0 Å². The summed E-state index contributed by atoms with van der Waals surface area (Å²) in [5, 5.41) is 37.1. The molecule has 0 aliphatic heterocycles. The number of para-hydroxylation sites is 1. The maximum absolute atomic E-state index is 13.2. The molecule has 0 fully saturated rings. The average molecular weight is 1740 g/mol. The van der Waals surface area contributed by atoms with Crippen molar-refractivity contribution in [2.75, 3.05) is 13.7 Å². The second kappa shape index (κ2) is 46.2. The van der Waals surface area contributed by atoms with E-state index in [1.54, 1.807) is 105 Å². The summed E-state index contributed by atoms with van der Waals surface area (Å²) >= 11 is 26.1. The molecule has 618 valence electrons. The van der Waals surface area contributed by atoms with Crippen LogP contribution in [0.3, 0.4) is 0 Å². The molecule has 29 heteroatoms. The summed E-state index contributed by atoms with van der Waals surface area (Å²) in [4.78, 5) is 114. The SMILES string of the molecule is C.CC(=O)NCCCCCn1c(SCc2cc(C)ccc2C)nc2ccsc2c1=O.COc1ccc2nc(SCc3cc(C)ccc3C)n(CCCCC(=O)O)c(=O)c2c1.Cc1ccc(C)c(CSc2nc3ccc(Cl)cc3c(=O)n2CCCCC(=O)O)c1.O=C(O)CCCCn1c(SCc2c(Cl)cccc2Cl)nc2ccccc2c1=O. The average Bonchev–Trinajstić information content (AvgIpc) is 0.863. The highest BCUT2D eigenvalue weighted by Gasteiger charge is 2.20. The van der Waals surface area contributed by atoms with Crippen molar-refractivity contribution >= 4 is 160 Å². The summed E-state index contributed by atoms with van der Waals surface area (Å²) in [6.07, 6.45) is 6.29. The number of carbonyl (C=O) groups excluding carboxylic acids is 1. The third kappa shape index (κ3) is 27.4. The van der Waals surface area contributed by atoms with Crippen molar-refractivity contribution < 1.29 is 39.2 Å². The van der Waals surface area contributed by atoms with Gasteiger partial charge >= 0.3 is 17.9 Å². The van der Waals surface area contributed by atoms with Crippen LogP contribution in [0.4, 0.5) is 0 Å². The summed E-state index contributed by atoms with van der Waals surface area (Å²) in [6, 6.07) is 44.0. The van der Waals surface area contributed by atoms with Crippen molar-refractivity contribution in [3.63, 3.8) is 0 Å². The van der Waals surface area contributed by atoms with Gasteiger partial charge in [0.2, 0.25) is 5.91 Å². The topological polar surface area (TPSA) is 290 Å². The van der Waals surface area contributed by atoms with Gasteiger partial charge in [0.15, 0.2) is 20.6 Å². The van der Waals surface area contributed by atoms with Crippen molar-refractivity contribution in [2.24, 2.45) is 0 Å². The van der Waals surface area contributed by atoms with E-state index in [1.807, 2.05) is 22.1 Å². The van der Waals surface area contributed by atoms with E-state index in [2.05, 4.69) is 106 Å². The molecule has 21 nitrogen and oxygen atoms in total. The van der Waals surface area contributed by atoms with Crippen LogP contribution < -0.4 is 32.3 Å². The number of nitrogens with one attached hydrogen (secondary N) is 1. The number of carboxylic acids is 3. The van der Waals surface area contributed by atoms with Crippen LogP contribution in [0.15, 0.2) is 185 Å². The Bertz CT molecular complexity index is 5740. The summed E-state index contributed by atoms with van der Waals surface area (Å²) < 4.78 is 12.7. The fraction of sp³-hybridized carbons (Fsp3) is 0.341. The highest BCUT2D eigenvalue weighted by molar-refractivity contribution is 7.99. The number of aliphatic carboxylic acids is 3. The zero-order valence-electron chi connectivity index (χ0n) is 66.0. The van der Waals surface area contributed by atoms with Crippen LogP contribution in [0, 0.1) is 41.5 Å². The molecule has 0 radical (unpaired) electrons. The number of halogens is 3. The Labute approximate surface area is 716 Å². The number of methoxy groups -OCH3 is 1. The van der Waals surface area contributed by atoms with Gasteiger partial charge in [-0.25, -0.2) is 19.9 Å². The van der Waals surface area contributed by atoms with Crippen LogP contribution in [0.1, 0.15) is 147 Å². The van der Waals surface area contributed by atoms with E-state index in [9.17, 15) is 38.4 Å². The number of aromatic nitrogens is 8. The predicted molar refractivity (Wildman–Crippen MR) is 480 cm³/mol. The maximum atomic E-state index is 13.2. The minimum absolute atomic E-state index is 0. The minimum atomic E-state index is -0.841. The number of fused-ring (bicyclic) bond motifs is 4. The van der Waals surface area contributed by atoms with Crippen LogP contribution in [0.2, 0.25) is 15.1 Å². The number of rotatable bonds is 34. The lowest BCUT2D eigenvalue weighted by atomic mass is 10.1. The largest absolute Gasteiger partial charge is 0.497 e. The molecule has 0 saturated carbocycles. The number of benzene rings is 7. The number of hydrogen-bond acceptors (Lipinski definition) is 18. The molecule has 5 heterocycles. The molecule has 4 N–H and O–H groups in total. The van der Waals surface area contributed by atoms with Gasteiger partial charge in [0.25, 0.3) is 22.2 Å². The van der Waals surface area contributed by atoms with Crippen LogP contribution in [0.5, 0.6) is 5.75 Å². The number of hydrogen-bond donors (Lipinski definition) is 4. The Balaban J connectivity index is 0.000000194. The molecule has 117 heavy (non-hydrogen) atoms. The quantitative estimate of drug-likeness (QED) is 0.0166. The smallest absolute Gasteiger partial charge is 0.303 e. The highest BCUT2D eigenvalue weighted by Crippen LogP contribution is 2.34. The van der Waals surface area contributed by atoms with E-state index in [4.69, 9.17) is 69.8 Å². The summed E-state index contributed by atoms with van der Waals surface area (Å²) in [7, 11) is 1.56. The molecular formula is C88H98Cl3N9O12S5. The number of amides is 1. The molecule has 0 saturated heterocycles. The molecule has 12 rings (SSSR count). The van der Waals surface area contributed by atoms with E-state index in [-0.39, 0.29) is 54.8 Å². The van der Waals surface area contributed by atoms with Gasteiger partial charge in [-0.15, -0.1) is 11.3 Å². The third-order valence-electron chi connectivity index (χ3n) is 18.9. The number of aryl methyl sites for hydroxylation is 6. The number of thioether (sulfide) groups is 4. The van der Waals surface area contributed by atoms with Gasteiger partial charge in [-0.1, -0.05) is 179 Å². The first-order valence-electron chi connectivity index (χ1n) is 37.9. The van der Waals surface area contributed by atoms with E-state index >= 15 is 0 Å². The predicted octanol–water partition coefficient (Wildman–Crippen LogP) is 20.3. The number of nitrogens with zero attached hydrogens (tertiary/aromatic N) is 8. The summed E-state index contributed by atoms with van der Waals surface area (Å²) in [5.41, 5.74) is 14.1. The fourth-order valence-corrected chi connectivity index (χ4v) is 18.3. The standard InChI is InChI=1S/C23H26N2O4S.C22H23ClN2O3S.C22H27N3O2S2.C20H18Cl2N2O3S.CH4/c1-15-7-8-16(2)17(12-15)14-30-23-24-20-10-9-18(29-3)13-19(20)22(28)25(23)11-5-4-6-21(26)27;1-14-6-7-15(2)16(11-14)13-29-22-24-19-9-8-17(23)12-18(19)21(28)25(22)10-4-3-5-20(26)27;1-15-7-8-16(2)18(13-15)14-29-22-24-19-9-12-28-20(19)21(27)25(22)11-6-4-5-10-23-17(3)26;21-15-7-5-8-16(22)14(15)12-28-20-23-17-9-2-1-6-13(17)19(27)24(20)11-4-3-10-18(25)26;/h7-10,12-13H,4-6,11,14H2,1-3H3,(H,26,27);6-9,11-12H,3-5,10,13H2,1-2H3,(H,26,27);7-9,12-13H,4-6,10-11,14H2,1-3H3,(H,23,26);1-2,5-9H,3-4,10-12H2,(H,25,26);1H4. The normalized spacial score (nSPS) is 11.0. The van der Waals surface area contributed by atoms with Crippen LogP contribution in [0.25, 0.3) is 42.9 Å². The van der Waals surface area contributed by atoms with Crippen LogP contribution in [-0.4, -0.2) is 91.0 Å². The lowest BCUT2D eigenvalue weighted by Crippen LogP contribution is -2.23. The van der Waals surface area contributed by atoms with Crippen molar-refractivity contribution in [1.82, 2.24) is 43.5 Å². The summed E-state index contributed by atoms with van der Waals surface area (Å²) in [5.74, 6) is 0.778. The lowest BCUT2D eigenvalue weighted by Gasteiger charge is -2.14. The molecule has 0 bridgehead atoms. The number of carbonyl (C=O) groups is 4. The number of thiophene rings is 1. The van der Waals surface area contributed by atoms with Gasteiger partial charge in [-0.3, -0.25) is 56.6 Å². The van der Waals surface area contributed by atoms with Crippen LogP contribution >= 0.6 is 93.2 Å². The zero-order valence-corrected chi connectivity index (χ0v) is 72.3. The van der Waals surface area contributed by atoms with Gasteiger partial charge in [-0.2, -0.15) is 0 Å². The molecule has 0 atom stereocenters. The Morgan fingerprint density at radius 3 is 1.29 bits per heavy atom. The third-order valence-corrected chi connectivity index (χ3v) is 24.8. The van der Waals surface area contributed by atoms with E-state index in [0.717, 1.165) is 46.0 Å². The first kappa shape index (κ1) is 93.2.